The highest BCUT2D eigenvalue weighted by Crippen LogP contribution is 2.48. The number of rotatable bonds is 11. The molecule has 0 aromatic heterocycles. The minimum atomic E-state index is 0.00195. The molecule has 0 aromatic carbocycles. The first-order valence-electron chi connectivity index (χ1n) is 12.3. The maximum absolute atomic E-state index is 11.9. The van der Waals surface area contributed by atoms with Crippen LogP contribution in [0, 0.1) is 35.5 Å². The van der Waals surface area contributed by atoms with Crippen LogP contribution in [0.2, 0.25) is 0 Å². The fourth-order valence-corrected chi connectivity index (χ4v) is 6.40. The van der Waals surface area contributed by atoms with Gasteiger partial charge in [0, 0.05) is 25.3 Å². The SMILES string of the molecule is O=C(CCCCCCC(=O)N/N=C\[C@@H]1C[C@H]2CC[C@@H]1C2)N/N=C\[C@@H]1C[C@@H]2CC[C@@H]1C2. The van der Waals surface area contributed by atoms with Gasteiger partial charge in [0.05, 0.1) is 0 Å². The molecule has 6 nitrogen and oxygen atoms in total. The molecule has 2 N–H and O–H groups in total. The summed E-state index contributed by atoms with van der Waals surface area (Å²) in [5.41, 5.74) is 5.37. The summed E-state index contributed by atoms with van der Waals surface area (Å²) in [6, 6.07) is 0. The Bertz CT molecular complexity index is 606. The molecule has 4 rings (SSSR count). The molecule has 0 saturated heterocycles. The van der Waals surface area contributed by atoms with Crippen LogP contribution in [-0.4, -0.2) is 24.2 Å². The molecule has 4 aliphatic carbocycles. The van der Waals surface area contributed by atoms with Crippen LogP contribution < -0.4 is 10.9 Å². The second kappa shape index (κ2) is 10.5. The minimum Gasteiger partial charge on any atom is -0.273 e. The predicted octanol–water partition coefficient (Wildman–Crippen LogP) is 4.40. The summed E-state index contributed by atoms with van der Waals surface area (Å²) in [7, 11) is 0. The molecule has 2 amide bonds. The van der Waals surface area contributed by atoms with Crippen LogP contribution in [-0.2, 0) is 9.59 Å². The van der Waals surface area contributed by atoms with E-state index in [9.17, 15) is 9.59 Å². The molecule has 0 unspecified atom stereocenters. The molecule has 4 bridgehead atoms. The minimum absolute atomic E-state index is 0.00195. The maximum atomic E-state index is 11.9. The fourth-order valence-electron chi connectivity index (χ4n) is 6.40. The van der Waals surface area contributed by atoms with E-state index in [2.05, 4.69) is 21.1 Å². The molecule has 4 fully saturated rings. The normalized spacial score (nSPS) is 34.4. The van der Waals surface area contributed by atoms with Crippen molar-refractivity contribution >= 4 is 24.2 Å². The van der Waals surface area contributed by atoms with E-state index >= 15 is 0 Å². The zero-order chi connectivity index (χ0) is 20.8. The van der Waals surface area contributed by atoms with Crippen molar-refractivity contribution in [3.05, 3.63) is 0 Å². The van der Waals surface area contributed by atoms with E-state index in [1.165, 1.54) is 51.4 Å². The van der Waals surface area contributed by atoms with Crippen LogP contribution in [0.3, 0.4) is 0 Å². The third-order valence-corrected chi connectivity index (χ3v) is 8.05. The number of carbonyl (C=O) groups excluding carboxylic acids is 2. The van der Waals surface area contributed by atoms with Crippen molar-refractivity contribution < 1.29 is 9.59 Å². The molecule has 0 radical (unpaired) electrons. The van der Waals surface area contributed by atoms with Gasteiger partial charge in [0.25, 0.3) is 0 Å². The van der Waals surface area contributed by atoms with Crippen molar-refractivity contribution in [3.63, 3.8) is 0 Å². The van der Waals surface area contributed by atoms with Crippen molar-refractivity contribution in [2.45, 2.75) is 89.9 Å². The van der Waals surface area contributed by atoms with Crippen LogP contribution in [0.5, 0.6) is 0 Å². The third kappa shape index (κ3) is 5.92. The Morgan fingerprint density at radius 2 is 1.13 bits per heavy atom. The largest absolute Gasteiger partial charge is 0.273 e. The second-order valence-corrected chi connectivity index (χ2v) is 10.2. The summed E-state index contributed by atoms with van der Waals surface area (Å²) in [4.78, 5) is 23.8. The van der Waals surface area contributed by atoms with E-state index in [1.807, 2.05) is 12.4 Å². The van der Waals surface area contributed by atoms with Gasteiger partial charge in [0.15, 0.2) is 0 Å². The van der Waals surface area contributed by atoms with Gasteiger partial charge in [-0.15, -0.1) is 0 Å². The van der Waals surface area contributed by atoms with Crippen LogP contribution in [0.15, 0.2) is 10.2 Å². The molecular weight excluding hydrogens is 376 g/mol. The Morgan fingerprint density at radius 3 is 1.50 bits per heavy atom. The Hall–Kier alpha value is -1.72. The fraction of sp³-hybridized carbons (Fsp3) is 0.833. The quantitative estimate of drug-likeness (QED) is 0.298. The number of hydrogen-bond donors (Lipinski definition) is 2. The van der Waals surface area contributed by atoms with Gasteiger partial charge in [-0.2, -0.15) is 10.2 Å². The number of hydrogen-bond acceptors (Lipinski definition) is 4. The van der Waals surface area contributed by atoms with E-state index in [-0.39, 0.29) is 11.8 Å². The topological polar surface area (TPSA) is 82.9 Å². The summed E-state index contributed by atoms with van der Waals surface area (Å²) in [6.07, 6.45) is 19.2. The number of fused-ring (bicyclic) bond motifs is 4. The van der Waals surface area contributed by atoms with Crippen molar-refractivity contribution in [1.82, 2.24) is 10.9 Å². The van der Waals surface area contributed by atoms with Gasteiger partial charge < -0.3 is 0 Å². The highest BCUT2D eigenvalue weighted by atomic mass is 16.2. The number of carbonyl (C=O) groups is 2. The first-order valence-corrected chi connectivity index (χ1v) is 12.3. The highest BCUT2D eigenvalue weighted by molar-refractivity contribution is 5.77. The van der Waals surface area contributed by atoms with Gasteiger partial charge in [0.2, 0.25) is 11.8 Å². The number of amides is 2. The zero-order valence-electron chi connectivity index (χ0n) is 18.2. The number of nitrogens with zero attached hydrogens (tertiary/aromatic N) is 2. The Kier molecular flexibility index (Phi) is 7.56. The van der Waals surface area contributed by atoms with Crippen molar-refractivity contribution in [3.8, 4) is 0 Å². The van der Waals surface area contributed by atoms with Crippen LogP contribution in [0.4, 0.5) is 0 Å². The lowest BCUT2D eigenvalue weighted by Gasteiger charge is -2.16. The van der Waals surface area contributed by atoms with Gasteiger partial charge in [0.1, 0.15) is 0 Å². The molecule has 4 saturated carbocycles. The van der Waals surface area contributed by atoms with Crippen LogP contribution in [0.1, 0.15) is 89.9 Å². The Labute approximate surface area is 180 Å². The number of hydrazone groups is 2. The molecule has 0 spiro atoms. The van der Waals surface area contributed by atoms with Crippen molar-refractivity contribution in [2.24, 2.45) is 45.7 Å². The van der Waals surface area contributed by atoms with E-state index in [0.717, 1.165) is 49.4 Å². The Morgan fingerprint density at radius 1 is 0.667 bits per heavy atom. The monoisotopic (exact) mass is 414 g/mol. The summed E-state index contributed by atoms with van der Waals surface area (Å²) in [5.74, 6) is 4.56. The van der Waals surface area contributed by atoms with Crippen molar-refractivity contribution in [2.75, 3.05) is 0 Å². The molecular formula is C24H38N4O2. The van der Waals surface area contributed by atoms with Crippen molar-refractivity contribution in [1.29, 1.82) is 0 Å². The summed E-state index contributed by atoms with van der Waals surface area (Å²) < 4.78 is 0. The van der Waals surface area contributed by atoms with E-state index < -0.39 is 0 Å². The van der Waals surface area contributed by atoms with Gasteiger partial charge in [-0.05, 0) is 86.9 Å². The first-order chi connectivity index (χ1) is 14.7. The average Bonchev–Trinajstić information content (AvgIpc) is 3.52. The molecule has 0 heterocycles. The third-order valence-electron chi connectivity index (χ3n) is 8.05. The summed E-state index contributed by atoms with van der Waals surface area (Å²) >= 11 is 0. The molecule has 166 valence electrons. The summed E-state index contributed by atoms with van der Waals surface area (Å²) in [6.45, 7) is 0. The second-order valence-electron chi connectivity index (χ2n) is 10.2. The lowest BCUT2D eigenvalue weighted by Crippen LogP contribution is -2.20. The average molecular weight is 415 g/mol. The molecule has 6 heteroatoms. The van der Waals surface area contributed by atoms with Crippen LogP contribution >= 0.6 is 0 Å². The standard InChI is InChI=1S/C24H38N4O2/c29-23(27-25-15-21-13-17-7-9-19(21)11-17)5-3-1-2-4-6-24(30)28-26-16-22-14-18-8-10-20(22)12-18/h15-22H,1-14H2,(H,27,29)(H,28,30)/b25-15-,26-16-/t17-,18+,19-,20-,21+,22+/m1/s1. The predicted molar refractivity (Wildman–Crippen MR) is 119 cm³/mol. The molecule has 30 heavy (non-hydrogen) atoms. The maximum Gasteiger partial charge on any atom is 0.240 e. The van der Waals surface area contributed by atoms with E-state index in [1.54, 1.807) is 0 Å². The molecule has 4 aliphatic rings. The first kappa shape index (κ1) is 21.5. The van der Waals surface area contributed by atoms with E-state index in [4.69, 9.17) is 0 Å². The zero-order valence-corrected chi connectivity index (χ0v) is 18.2. The van der Waals surface area contributed by atoms with E-state index in [0.29, 0.717) is 24.7 Å². The summed E-state index contributed by atoms with van der Waals surface area (Å²) in [5, 5.41) is 8.38. The molecule has 0 aliphatic heterocycles. The molecule has 0 aromatic rings. The van der Waals surface area contributed by atoms with Gasteiger partial charge in [-0.3, -0.25) is 9.59 Å². The lowest BCUT2D eigenvalue weighted by atomic mass is 9.90. The Balaban J connectivity index is 0.974. The smallest absolute Gasteiger partial charge is 0.240 e. The van der Waals surface area contributed by atoms with Crippen LogP contribution in [0.25, 0.3) is 0 Å². The molecule has 6 atom stereocenters. The lowest BCUT2D eigenvalue weighted by molar-refractivity contribution is -0.122. The van der Waals surface area contributed by atoms with Gasteiger partial charge in [-0.1, -0.05) is 25.7 Å². The number of nitrogens with one attached hydrogen (secondary N) is 2. The van der Waals surface area contributed by atoms with Gasteiger partial charge in [-0.25, -0.2) is 10.9 Å². The highest BCUT2D eigenvalue weighted by Gasteiger charge is 2.39. The number of unbranched alkanes of at least 4 members (excludes halogenated alkanes) is 3. The van der Waals surface area contributed by atoms with Gasteiger partial charge >= 0.3 is 0 Å².